The number of carbonyl (C=O) groups excluding carboxylic acids is 1. The molecule has 1 aliphatic rings. The zero-order valence-corrected chi connectivity index (χ0v) is 14.1. The van der Waals surface area contributed by atoms with Crippen LogP contribution in [0.25, 0.3) is 0 Å². The lowest BCUT2D eigenvalue weighted by atomic mass is 10.1. The molecule has 2 aromatic rings. The number of fused-ring (bicyclic) bond motifs is 1. The van der Waals surface area contributed by atoms with Crippen molar-refractivity contribution in [3.05, 3.63) is 47.3 Å². The Morgan fingerprint density at radius 1 is 1.18 bits per heavy atom. The van der Waals surface area contributed by atoms with E-state index in [1.165, 1.54) is 0 Å². The van der Waals surface area contributed by atoms with Gasteiger partial charge in [0.05, 0.1) is 22.1 Å². The van der Waals surface area contributed by atoms with Crippen LogP contribution in [0.15, 0.2) is 35.2 Å². The summed E-state index contributed by atoms with van der Waals surface area (Å²) in [7, 11) is -5.42. The molecule has 12 heteroatoms. The number of alkyl halides is 4. The van der Waals surface area contributed by atoms with Gasteiger partial charge >= 0.3 is 11.9 Å². The minimum absolute atomic E-state index is 0.189. The van der Waals surface area contributed by atoms with Crippen LogP contribution < -0.4 is 9.47 Å². The average Bonchev–Trinajstić information content (AvgIpc) is 2.85. The van der Waals surface area contributed by atoms with E-state index in [1.54, 1.807) is 6.07 Å². The third-order valence-corrected chi connectivity index (χ3v) is 5.00. The fourth-order valence-corrected chi connectivity index (χ4v) is 3.33. The molecule has 0 saturated heterocycles. The van der Waals surface area contributed by atoms with Crippen molar-refractivity contribution in [3.63, 3.8) is 0 Å². The number of sulfone groups is 1. The number of halogens is 5. The molecule has 0 fully saturated rings. The Labute approximate surface area is 153 Å². The first-order valence-corrected chi connectivity index (χ1v) is 8.71. The number of Topliss-reactive ketones (excluding diaryl/α,β-unsaturated/α-hetero) is 1. The summed E-state index contributed by atoms with van der Waals surface area (Å²) in [5, 5.41) is 8.81. The second-order valence-corrected chi connectivity index (χ2v) is 7.30. The molecule has 1 aliphatic heterocycles. The SMILES string of the molecule is N#Cc1cc(F)cc(Oc2ccc(S(=O)(=O)C(F)F)c3c2OC(F)(F)C3=O)c1. The van der Waals surface area contributed by atoms with Crippen LogP contribution in [0.2, 0.25) is 0 Å². The van der Waals surface area contributed by atoms with Gasteiger partial charge < -0.3 is 9.47 Å². The van der Waals surface area contributed by atoms with Crippen LogP contribution in [0.1, 0.15) is 15.9 Å². The summed E-state index contributed by atoms with van der Waals surface area (Å²) < 4.78 is 99.2. The second kappa shape index (κ2) is 6.45. The molecule has 0 spiro atoms. The third-order valence-electron chi connectivity index (χ3n) is 3.57. The summed E-state index contributed by atoms with van der Waals surface area (Å²) in [5.74, 6) is -9.17. The number of nitrogens with zero attached hydrogens (tertiary/aromatic N) is 1. The highest BCUT2D eigenvalue weighted by Crippen LogP contribution is 2.48. The van der Waals surface area contributed by atoms with Crippen molar-refractivity contribution >= 4 is 15.6 Å². The number of ether oxygens (including phenoxy) is 2. The number of nitriles is 1. The summed E-state index contributed by atoms with van der Waals surface area (Å²) in [5.41, 5.74) is -1.49. The molecule has 0 unspecified atom stereocenters. The maximum atomic E-state index is 13.7. The van der Waals surface area contributed by atoms with E-state index in [0.29, 0.717) is 12.1 Å². The van der Waals surface area contributed by atoms with E-state index in [2.05, 4.69) is 4.74 Å². The molecule has 0 aliphatic carbocycles. The van der Waals surface area contributed by atoms with E-state index in [-0.39, 0.29) is 11.3 Å². The fraction of sp³-hybridized carbons (Fsp3) is 0.125. The van der Waals surface area contributed by atoms with E-state index in [0.717, 1.165) is 18.2 Å². The van der Waals surface area contributed by atoms with Gasteiger partial charge in [-0.25, -0.2) is 12.8 Å². The van der Waals surface area contributed by atoms with Crippen molar-refractivity contribution in [2.24, 2.45) is 0 Å². The van der Waals surface area contributed by atoms with E-state index < -0.39 is 55.3 Å². The maximum Gasteiger partial charge on any atom is 0.466 e. The number of benzene rings is 2. The molecule has 2 aromatic carbocycles. The molecule has 1 heterocycles. The lowest BCUT2D eigenvalue weighted by Crippen LogP contribution is -2.29. The fourth-order valence-electron chi connectivity index (χ4n) is 2.41. The standard InChI is InChI=1S/C16H6F5NO5S/c17-8-3-7(6-22)4-9(5-8)26-10-1-2-11(28(24,25)15(18)19)12-13(10)27-16(20,21)14(12)23/h1-5,15H. The van der Waals surface area contributed by atoms with Gasteiger partial charge in [-0.3, -0.25) is 4.79 Å². The molecule has 6 nitrogen and oxygen atoms in total. The molecule has 28 heavy (non-hydrogen) atoms. The summed E-state index contributed by atoms with van der Waals surface area (Å²) >= 11 is 0. The van der Waals surface area contributed by atoms with Crippen LogP contribution in [-0.2, 0) is 9.84 Å². The predicted molar refractivity (Wildman–Crippen MR) is 80.7 cm³/mol. The quantitative estimate of drug-likeness (QED) is 0.703. The summed E-state index contributed by atoms with van der Waals surface area (Å²) in [6, 6.07) is 5.43. The summed E-state index contributed by atoms with van der Waals surface area (Å²) in [4.78, 5) is 10.5. The van der Waals surface area contributed by atoms with E-state index >= 15 is 0 Å². The molecule has 146 valence electrons. The lowest BCUT2D eigenvalue weighted by molar-refractivity contribution is -0.124. The molecule has 0 bridgehead atoms. The van der Waals surface area contributed by atoms with Crippen LogP contribution in [0.3, 0.4) is 0 Å². The highest BCUT2D eigenvalue weighted by molar-refractivity contribution is 7.91. The van der Waals surface area contributed by atoms with Crippen molar-refractivity contribution in [2.45, 2.75) is 16.8 Å². The molecule has 0 atom stereocenters. The van der Waals surface area contributed by atoms with Gasteiger partial charge in [0.25, 0.3) is 5.78 Å². The Morgan fingerprint density at radius 3 is 2.46 bits per heavy atom. The van der Waals surface area contributed by atoms with Crippen LogP contribution in [-0.4, -0.2) is 26.1 Å². The van der Waals surface area contributed by atoms with E-state index in [1.807, 2.05) is 0 Å². The average molecular weight is 419 g/mol. The van der Waals surface area contributed by atoms with Crippen LogP contribution in [0.4, 0.5) is 22.0 Å². The van der Waals surface area contributed by atoms with Gasteiger partial charge in [-0.15, -0.1) is 0 Å². The minimum atomic E-state index is -5.42. The van der Waals surface area contributed by atoms with Gasteiger partial charge in [-0.05, 0) is 24.3 Å². The Bertz CT molecular complexity index is 1140. The van der Waals surface area contributed by atoms with E-state index in [9.17, 15) is 35.2 Å². The van der Waals surface area contributed by atoms with Gasteiger partial charge in [0, 0.05) is 6.07 Å². The molecular formula is C16H6F5NO5S. The van der Waals surface area contributed by atoms with Gasteiger partial charge in [0.15, 0.2) is 11.5 Å². The largest absolute Gasteiger partial charge is 0.466 e. The van der Waals surface area contributed by atoms with Gasteiger partial charge in [0.1, 0.15) is 11.6 Å². The number of ketones is 1. The smallest absolute Gasteiger partial charge is 0.453 e. The Balaban J connectivity index is 2.18. The maximum absolute atomic E-state index is 13.7. The Morgan fingerprint density at radius 2 is 1.86 bits per heavy atom. The van der Waals surface area contributed by atoms with Crippen molar-refractivity contribution in [1.82, 2.24) is 0 Å². The number of hydrogen-bond acceptors (Lipinski definition) is 6. The van der Waals surface area contributed by atoms with Crippen LogP contribution in [0.5, 0.6) is 17.2 Å². The van der Waals surface area contributed by atoms with Crippen LogP contribution >= 0.6 is 0 Å². The highest BCUT2D eigenvalue weighted by atomic mass is 32.2. The molecule has 0 aromatic heterocycles. The molecule has 3 rings (SSSR count). The zero-order valence-electron chi connectivity index (χ0n) is 13.3. The Hall–Kier alpha value is -3.20. The monoisotopic (exact) mass is 419 g/mol. The molecule has 0 radical (unpaired) electrons. The van der Waals surface area contributed by atoms with Crippen molar-refractivity contribution in [2.75, 3.05) is 0 Å². The predicted octanol–water partition coefficient (Wildman–Crippen LogP) is 3.65. The highest BCUT2D eigenvalue weighted by Gasteiger charge is 2.54. The first-order valence-electron chi connectivity index (χ1n) is 7.16. The number of carbonyl (C=O) groups is 1. The first kappa shape index (κ1) is 19.6. The van der Waals surface area contributed by atoms with Crippen LogP contribution in [0, 0.1) is 17.1 Å². The zero-order chi connectivity index (χ0) is 20.9. The van der Waals surface area contributed by atoms with Gasteiger partial charge in [-0.2, -0.15) is 22.8 Å². The molecule has 0 saturated carbocycles. The number of hydrogen-bond donors (Lipinski definition) is 0. The van der Waals surface area contributed by atoms with Gasteiger partial charge in [0.2, 0.25) is 9.84 Å². The van der Waals surface area contributed by atoms with Crippen molar-refractivity contribution in [3.8, 4) is 23.3 Å². The third kappa shape index (κ3) is 3.13. The topological polar surface area (TPSA) is 93.5 Å². The summed E-state index contributed by atoms with van der Waals surface area (Å²) in [6.07, 6.45) is -4.52. The Kier molecular flexibility index (Phi) is 4.50. The van der Waals surface area contributed by atoms with E-state index in [4.69, 9.17) is 10.00 Å². The first-order chi connectivity index (χ1) is 13.0. The minimum Gasteiger partial charge on any atom is -0.453 e. The lowest BCUT2D eigenvalue weighted by Gasteiger charge is -2.12. The van der Waals surface area contributed by atoms with Crippen molar-refractivity contribution < 1.29 is 44.6 Å². The number of rotatable bonds is 4. The molecular weight excluding hydrogens is 413 g/mol. The normalized spacial score (nSPS) is 15.1. The van der Waals surface area contributed by atoms with Crippen molar-refractivity contribution in [1.29, 1.82) is 5.26 Å². The summed E-state index contributed by atoms with van der Waals surface area (Å²) in [6.45, 7) is 0. The van der Waals surface area contributed by atoms with Gasteiger partial charge in [-0.1, -0.05) is 0 Å². The molecule has 0 N–H and O–H groups in total. The molecule has 0 amide bonds. The second-order valence-electron chi connectivity index (χ2n) is 5.41.